The van der Waals surface area contributed by atoms with E-state index in [9.17, 15) is 8.42 Å². The number of rotatable bonds is 6. The number of para-hydroxylation sites is 2. The molecule has 0 aliphatic rings. The molecule has 8 heteroatoms. The topological polar surface area (TPSA) is 80.5 Å². The van der Waals surface area contributed by atoms with Crippen molar-refractivity contribution in [2.24, 2.45) is 5.92 Å². The number of benzene rings is 2. The van der Waals surface area contributed by atoms with Crippen molar-refractivity contribution < 1.29 is 8.42 Å². The Morgan fingerprint density at radius 3 is 2.38 bits per heavy atom. The Bertz CT molecular complexity index is 1270. The van der Waals surface area contributed by atoms with Crippen LogP contribution >= 0.6 is 0 Å². The van der Waals surface area contributed by atoms with E-state index in [1.165, 1.54) is 4.31 Å². The maximum absolute atomic E-state index is 13.4. The van der Waals surface area contributed by atoms with Crippen molar-refractivity contribution in [1.82, 2.24) is 19.6 Å². The Kier molecular flexibility index (Phi) is 4.96. The number of hydrogen-bond acceptors (Lipinski definition) is 5. The van der Waals surface area contributed by atoms with Crippen LogP contribution in [0, 0.1) is 5.92 Å². The van der Waals surface area contributed by atoms with Crippen molar-refractivity contribution in [3.05, 3.63) is 60.4 Å². The third-order valence-corrected chi connectivity index (χ3v) is 6.60. The molecule has 4 aromatic rings. The molecule has 0 saturated heterocycles. The third-order valence-electron chi connectivity index (χ3n) is 4.72. The average Bonchev–Trinajstić information content (AvgIpc) is 3.12. The smallest absolute Gasteiger partial charge is 0.265 e. The predicted octanol–water partition coefficient (Wildman–Crippen LogP) is 3.69. The standard InChI is InChI=1S/C21H23N5O2S/c1-4-25(29(27,28)16-10-6-5-7-11-16)20-21-24-23-19(14-15(2)3)26(21)18-13-9-8-12-17(18)22-20/h5-13,15H,4,14H2,1-3H3. The SMILES string of the molecule is CCN(c1nc2ccccc2n2c(CC(C)C)nnc12)S(=O)(=O)c1ccccc1. The van der Waals surface area contributed by atoms with Crippen molar-refractivity contribution in [1.29, 1.82) is 0 Å². The maximum atomic E-state index is 13.4. The molecule has 0 bridgehead atoms. The molecule has 0 saturated carbocycles. The molecule has 4 rings (SSSR count). The van der Waals surface area contributed by atoms with Crippen LogP contribution in [-0.4, -0.2) is 34.5 Å². The van der Waals surface area contributed by atoms with Crippen LogP contribution in [0.2, 0.25) is 0 Å². The molecule has 2 aromatic heterocycles. The summed E-state index contributed by atoms with van der Waals surface area (Å²) in [5, 5.41) is 8.71. The summed E-state index contributed by atoms with van der Waals surface area (Å²) in [6, 6.07) is 16.0. The summed E-state index contributed by atoms with van der Waals surface area (Å²) in [5.74, 6) is 1.47. The summed E-state index contributed by atoms with van der Waals surface area (Å²) >= 11 is 0. The first-order chi connectivity index (χ1) is 13.9. The Balaban J connectivity index is 2.00. The molecule has 2 aromatic carbocycles. The molecule has 0 unspecified atom stereocenters. The van der Waals surface area contributed by atoms with Gasteiger partial charge in [-0.2, -0.15) is 0 Å². The van der Waals surface area contributed by atoms with Gasteiger partial charge < -0.3 is 0 Å². The van der Waals surface area contributed by atoms with Gasteiger partial charge >= 0.3 is 0 Å². The van der Waals surface area contributed by atoms with E-state index in [2.05, 4.69) is 29.0 Å². The Labute approximate surface area is 170 Å². The van der Waals surface area contributed by atoms with Crippen molar-refractivity contribution in [2.45, 2.75) is 32.1 Å². The van der Waals surface area contributed by atoms with Crippen molar-refractivity contribution >= 4 is 32.5 Å². The molecule has 0 N–H and O–H groups in total. The van der Waals surface area contributed by atoms with E-state index in [4.69, 9.17) is 0 Å². The highest BCUT2D eigenvalue weighted by molar-refractivity contribution is 7.92. The number of anilines is 1. The van der Waals surface area contributed by atoms with Gasteiger partial charge in [-0.05, 0) is 37.1 Å². The molecular formula is C21H23N5O2S. The summed E-state index contributed by atoms with van der Waals surface area (Å²) in [7, 11) is -3.79. The molecule has 0 fully saturated rings. The van der Waals surface area contributed by atoms with E-state index < -0.39 is 10.0 Å². The molecule has 7 nitrogen and oxygen atoms in total. The van der Waals surface area contributed by atoms with Crippen molar-refractivity contribution in [3.63, 3.8) is 0 Å². The quantitative estimate of drug-likeness (QED) is 0.485. The highest BCUT2D eigenvalue weighted by Gasteiger charge is 2.28. The number of nitrogens with zero attached hydrogens (tertiary/aromatic N) is 5. The lowest BCUT2D eigenvalue weighted by Crippen LogP contribution is -2.32. The molecule has 0 aliphatic heterocycles. The van der Waals surface area contributed by atoms with E-state index >= 15 is 0 Å². The summed E-state index contributed by atoms with van der Waals surface area (Å²) in [4.78, 5) is 4.90. The van der Waals surface area contributed by atoms with Gasteiger partial charge in [-0.3, -0.25) is 4.40 Å². The molecular weight excluding hydrogens is 386 g/mol. The van der Waals surface area contributed by atoms with Crippen LogP contribution in [0.1, 0.15) is 26.6 Å². The second kappa shape index (κ2) is 7.44. The van der Waals surface area contributed by atoms with Gasteiger partial charge in [-0.1, -0.05) is 44.2 Å². The second-order valence-electron chi connectivity index (χ2n) is 7.28. The minimum atomic E-state index is -3.79. The predicted molar refractivity (Wildman–Crippen MR) is 113 cm³/mol. The minimum Gasteiger partial charge on any atom is -0.274 e. The first kappa shape index (κ1) is 19.3. The molecule has 0 atom stereocenters. The summed E-state index contributed by atoms with van der Waals surface area (Å²) in [5.41, 5.74) is 2.00. The number of hydrogen-bond donors (Lipinski definition) is 0. The molecule has 150 valence electrons. The molecule has 29 heavy (non-hydrogen) atoms. The van der Waals surface area contributed by atoms with Gasteiger partial charge in [0.15, 0.2) is 5.82 Å². The number of aromatic nitrogens is 4. The average molecular weight is 410 g/mol. The first-order valence-electron chi connectivity index (χ1n) is 9.64. The lowest BCUT2D eigenvalue weighted by Gasteiger charge is -2.22. The summed E-state index contributed by atoms with van der Waals surface area (Å²) in [6.45, 7) is 6.25. The van der Waals surface area contributed by atoms with Gasteiger partial charge in [0.25, 0.3) is 10.0 Å². The van der Waals surface area contributed by atoms with Gasteiger partial charge in [0.1, 0.15) is 5.82 Å². The van der Waals surface area contributed by atoms with E-state index in [-0.39, 0.29) is 17.3 Å². The van der Waals surface area contributed by atoms with E-state index in [0.29, 0.717) is 17.1 Å². The third kappa shape index (κ3) is 3.33. The van der Waals surface area contributed by atoms with E-state index in [1.807, 2.05) is 28.7 Å². The van der Waals surface area contributed by atoms with Crippen LogP contribution in [0.5, 0.6) is 0 Å². The molecule has 0 aliphatic carbocycles. The molecule has 0 spiro atoms. The van der Waals surface area contributed by atoms with Gasteiger partial charge in [-0.25, -0.2) is 17.7 Å². The zero-order chi connectivity index (χ0) is 20.6. The van der Waals surface area contributed by atoms with E-state index in [1.54, 1.807) is 37.3 Å². The summed E-state index contributed by atoms with van der Waals surface area (Å²) in [6.07, 6.45) is 0.728. The molecule has 0 radical (unpaired) electrons. The zero-order valence-electron chi connectivity index (χ0n) is 16.6. The van der Waals surface area contributed by atoms with Gasteiger partial charge in [0.05, 0.1) is 15.9 Å². The van der Waals surface area contributed by atoms with Crippen molar-refractivity contribution in [3.8, 4) is 0 Å². The van der Waals surface area contributed by atoms with Crippen molar-refractivity contribution in [2.75, 3.05) is 10.8 Å². The Morgan fingerprint density at radius 1 is 1.00 bits per heavy atom. The lowest BCUT2D eigenvalue weighted by molar-refractivity contribution is 0.591. The molecule has 0 amide bonds. The van der Waals surface area contributed by atoms with Crippen LogP contribution in [0.25, 0.3) is 16.7 Å². The second-order valence-corrected chi connectivity index (χ2v) is 9.14. The molecule has 2 heterocycles. The monoisotopic (exact) mass is 409 g/mol. The fourth-order valence-electron chi connectivity index (χ4n) is 3.44. The minimum absolute atomic E-state index is 0.219. The Morgan fingerprint density at radius 2 is 1.69 bits per heavy atom. The van der Waals surface area contributed by atoms with Crippen LogP contribution in [0.15, 0.2) is 59.5 Å². The van der Waals surface area contributed by atoms with Crippen LogP contribution in [0.4, 0.5) is 5.82 Å². The van der Waals surface area contributed by atoms with Gasteiger partial charge in [-0.15, -0.1) is 10.2 Å². The highest BCUT2D eigenvalue weighted by atomic mass is 32.2. The highest BCUT2D eigenvalue weighted by Crippen LogP contribution is 2.29. The first-order valence-corrected chi connectivity index (χ1v) is 11.1. The lowest BCUT2D eigenvalue weighted by atomic mass is 10.1. The van der Waals surface area contributed by atoms with Crippen LogP contribution < -0.4 is 4.31 Å². The van der Waals surface area contributed by atoms with Crippen LogP contribution in [0.3, 0.4) is 0 Å². The summed E-state index contributed by atoms with van der Waals surface area (Å²) < 4.78 is 29.9. The fraction of sp³-hybridized carbons (Fsp3) is 0.286. The normalized spacial score (nSPS) is 12.1. The van der Waals surface area contributed by atoms with Crippen LogP contribution in [-0.2, 0) is 16.4 Å². The Hall–Kier alpha value is -3.00. The van der Waals surface area contributed by atoms with Gasteiger partial charge in [0, 0.05) is 13.0 Å². The van der Waals surface area contributed by atoms with E-state index in [0.717, 1.165) is 17.8 Å². The maximum Gasteiger partial charge on any atom is 0.265 e. The van der Waals surface area contributed by atoms with Gasteiger partial charge in [0.2, 0.25) is 5.65 Å². The number of sulfonamides is 1. The fourth-order valence-corrected chi connectivity index (χ4v) is 4.89. The largest absolute Gasteiger partial charge is 0.274 e. The number of fused-ring (bicyclic) bond motifs is 3. The zero-order valence-corrected chi connectivity index (χ0v) is 17.5.